The van der Waals surface area contributed by atoms with E-state index in [1.165, 1.54) is 49.7 Å². The van der Waals surface area contributed by atoms with E-state index >= 15 is 0 Å². The molecule has 1 aliphatic carbocycles. The van der Waals surface area contributed by atoms with Gasteiger partial charge < -0.3 is 9.47 Å². The summed E-state index contributed by atoms with van der Waals surface area (Å²) in [5.74, 6) is 0.596. The molecule has 1 saturated carbocycles. The van der Waals surface area contributed by atoms with E-state index in [9.17, 15) is 0 Å². The second-order valence-corrected chi connectivity index (χ2v) is 7.34. The molecule has 0 aliphatic heterocycles. The molecule has 2 nitrogen and oxygen atoms in total. The highest BCUT2D eigenvalue weighted by Gasteiger charge is 2.26. The minimum absolute atomic E-state index is 0.273. The zero-order chi connectivity index (χ0) is 17.2. The molecule has 0 N–H and O–H groups in total. The number of methoxy groups -OCH3 is 1. The second kappa shape index (κ2) is 10.7. The van der Waals surface area contributed by atoms with Gasteiger partial charge in [0.05, 0.1) is 18.8 Å². The van der Waals surface area contributed by atoms with E-state index in [1.54, 1.807) is 0 Å². The largest absolute Gasteiger partial charge is 0.381 e. The highest BCUT2D eigenvalue weighted by Crippen LogP contribution is 2.31. The van der Waals surface area contributed by atoms with Crippen molar-refractivity contribution in [3.63, 3.8) is 0 Å². The predicted octanol–water partition coefficient (Wildman–Crippen LogP) is 5.91. The second-order valence-electron chi connectivity index (χ2n) is 7.34. The van der Waals surface area contributed by atoms with Crippen LogP contribution in [0.25, 0.3) is 0 Å². The van der Waals surface area contributed by atoms with Crippen LogP contribution < -0.4 is 0 Å². The van der Waals surface area contributed by atoms with Crippen molar-refractivity contribution >= 4 is 0 Å². The van der Waals surface area contributed by atoms with Crippen molar-refractivity contribution in [1.82, 2.24) is 0 Å². The van der Waals surface area contributed by atoms with Gasteiger partial charge in [-0.2, -0.15) is 0 Å². The molecule has 24 heavy (non-hydrogen) atoms. The first-order chi connectivity index (χ1) is 11.7. The fourth-order valence-corrected chi connectivity index (χ4v) is 3.78. The van der Waals surface area contributed by atoms with Crippen LogP contribution >= 0.6 is 0 Å². The quantitative estimate of drug-likeness (QED) is 0.551. The summed E-state index contributed by atoms with van der Waals surface area (Å²) in [7, 11) is 1.83. The van der Waals surface area contributed by atoms with Gasteiger partial charge in [0, 0.05) is 7.11 Å². The van der Waals surface area contributed by atoms with Crippen LogP contribution in [0.15, 0.2) is 42.5 Å². The average molecular weight is 331 g/mol. The lowest BCUT2D eigenvalue weighted by atomic mass is 9.84. The Morgan fingerprint density at radius 3 is 2.50 bits per heavy atom. The third-order valence-corrected chi connectivity index (χ3v) is 5.12. The van der Waals surface area contributed by atoms with E-state index < -0.39 is 0 Å². The lowest BCUT2D eigenvalue weighted by Crippen LogP contribution is -2.29. The molecule has 0 heterocycles. The molecular weight excluding hydrogens is 296 g/mol. The Bertz CT molecular complexity index is 468. The fraction of sp³-hybridized carbons (Fsp3) is 0.636. The third-order valence-electron chi connectivity index (χ3n) is 5.12. The highest BCUT2D eigenvalue weighted by molar-refractivity contribution is 5.13. The molecular formula is C22H34O2. The van der Waals surface area contributed by atoms with E-state index in [4.69, 9.17) is 9.47 Å². The summed E-state index contributed by atoms with van der Waals surface area (Å²) in [6.45, 7) is 6.87. The first-order valence-corrected chi connectivity index (χ1v) is 9.51. The Morgan fingerprint density at radius 2 is 1.83 bits per heavy atom. The van der Waals surface area contributed by atoms with E-state index in [0.717, 1.165) is 19.4 Å². The van der Waals surface area contributed by atoms with Crippen LogP contribution in [0.4, 0.5) is 0 Å². The van der Waals surface area contributed by atoms with Gasteiger partial charge in [0.25, 0.3) is 0 Å². The lowest BCUT2D eigenvalue weighted by molar-refractivity contribution is -0.0325. The number of hydrogen-bond acceptors (Lipinski definition) is 2. The van der Waals surface area contributed by atoms with Crippen LogP contribution in [0.5, 0.6) is 0 Å². The first-order valence-electron chi connectivity index (χ1n) is 9.51. The maximum Gasteiger partial charge on any atom is 0.0720 e. The molecule has 2 heteroatoms. The highest BCUT2D eigenvalue weighted by atomic mass is 16.5. The maximum atomic E-state index is 6.39. The minimum Gasteiger partial charge on any atom is -0.381 e. The molecule has 1 fully saturated rings. The van der Waals surface area contributed by atoms with Gasteiger partial charge in [-0.3, -0.25) is 0 Å². The SMILES string of the molecule is C=C(C)C[C@H](C[C@H]1CCCCCC[C@@H]1OCc1ccccc1)OC. The average Bonchev–Trinajstić information content (AvgIpc) is 2.56. The predicted molar refractivity (Wildman–Crippen MR) is 101 cm³/mol. The molecule has 0 unspecified atom stereocenters. The van der Waals surface area contributed by atoms with E-state index in [2.05, 4.69) is 43.8 Å². The molecule has 0 bridgehead atoms. The molecule has 0 radical (unpaired) electrons. The van der Waals surface area contributed by atoms with Crippen molar-refractivity contribution in [2.24, 2.45) is 5.92 Å². The van der Waals surface area contributed by atoms with Crippen LogP contribution in [0.1, 0.15) is 63.9 Å². The Balaban J connectivity index is 1.97. The zero-order valence-electron chi connectivity index (χ0n) is 15.5. The summed E-state index contributed by atoms with van der Waals surface area (Å²) in [6.07, 6.45) is 10.4. The monoisotopic (exact) mass is 330 g/mol. The zero-order valence-corrected chi connectivity index (χ0v) is 15.5. The molecule has 3 atom stereocenters. The molecule has 0 saturated heterocycles. The summed E-state index contributed by atoms with van der Waals surface area (Å²) in [5, 5.41) is 0. The van der Waals surface area contributed by atoms with Gasteiger partial charge in [-0.05, 0) is 44.1 Å². The van der Waals surface area contributed by atoms with Gasteiger partial charge in [-0.1, -0.05) is 61.6 Å². The number of ether oxygens (including phenoxy) is 2. The molecule has 1 aromatic rings. The Labute approximate surface area is 148 Å². The Hall–Kier alpha value is -1.12. The smallest absolute Gasteiger partial charge is 0.0720 e. The summed E-state index contributed by atoms with van der Waals surface area (Å²) in [6, 6.07) is 10.5. The number of hydrogen-bond donors (Lipinski definition) is 0. The first kappa shape index (κ1) is 19.2. The van der Waals surface area contributed by atoms with E-state index in [1.807, 2.05) is 7.11 Å². The van der Waals surface area contributed by atoms with Crippen molar-refractivity contribution < 1.29 is 9.47 Å². The molecule has 1 aliphatic rings. The van der Waals surface area contributed by atoms with Gasteiger partial charge in [-0.25, -0.2) is 0 Å². The summed E-state index contributed by atoms with van der Waals surface area (Å²) in [4.78, 5) is 0. The van der Waals surface area contributed by atoms with Gasteiger partial charge >= 0.3 is 0 Å². The van der Waals surface area contributed by atoms with Crippen molar-refractivity contribution in [2.45, 2.75) is 77.1 Å². The van der Waals surface area contributed by atoms with Crippen LogP contribution in [-0.2, 0) is 16.1 Å². The summed E-state index contributed by atoms with van der Waals surface area (Å²) < 4.78 is 12.1. The van der Waals surface area contributed by atoms with Crippen molar-refractivity contribution in [1.29, 1.82) is 0 Å². The maximum absolute atomic E-state index is 6.39. The van der Waals surface area contributed by atoms with Gasteiger partial charge in [0.1, 0.15) is 0 Å². The molecule has 0 amide bonds. The van der Waals surface area contributed by atoms with Crippen LogP contribution in [0.3, 0.4) is 0 Å². The Kier molecular flexibility index (Phi) is 8.55. The topological polar surface area (TPSA) is 18.5 Å². The van der Waals surface area contributed by atoms with Crippen LogP contribution in [0.2, 0.25) is 0 Å². The molecule has 1 aromatic carbocycles. The fourth-order valence-electron chi connectivity index (χ4n) is 3.78. The summed E-state index contributed by atoms with van der Waals surface area (Å²) in [5.41, 5.74) is 2.47. The molecule has 134 valence electrons. The molecule has 0 aromatic heterocycles. The molecule has 0 spiro atoms. The lowest BCUT2D eigenvalue weighted by Gasteiger charge is -2.32. The third kappa shape index (κ3) is 6.78. The van der Waals surface area contributed by atoms with Crippen LogP contribution in [-0.4, -0.2) is 19.3 Å². The van der Waals surface area contributed by atoms with Crippen molar-refractivity contribution in [3.05, 3.63) is 48.0 Å². The van der Waals surface area contributed by atoms with Gasteiger partial charge in [0.15, 0.2) is 0 Å². The minimum atomic E-state index is 0.273. The summed E-state index contributed by atoms with van der Waals surface area (Å²) >= 11 is 0. The number of benzene rings is 1. The standard InChI is InChI=1S/C22H34O2/c1-18(2)15-21(23-3)16-20-13-9-4-5-10-14-22(20)24-17-19-11-7-6-8-12-19/h6-8,11-12,20-22H,1,4-5,9-10,13-17H2,2-3H3/t20-,21-,22+/m1/s1. The van der Waals surface area contributed by atoms with Gasteiger partial charge in [0.2, 0.25) is 0 Å². The van der Waals surface area contributed by atoms with Crippen molar-refractivity contribution in [2.75, 3.05) is 7.11 Å². The van der Waals surface area contributed by atoms with Crippen molar-refractivity contribution in [3.8, 4) is 0 Å². The van der Waals surface area contributed by atoms with Gasteiger partial charge in [-0.15, -0.1) is 6.58 Å². The Morgan fingerprint density at radius 1 is 1.12 bits per heavy atom. The molecule has 2 rings (SSSR count). The normalized spacial score (nSPS) is 23.2. The van der Waals surface area contributed by atoms with E-state index in [-0.39, 0.29) is 6.10 Å². The van der Waals surface area contributed by atoms with E-state index in [0.29, 0.717) is 12.0 Å². The number of rotatable bonds is 8. The van der Waals surface area contributed by atoms with Crippen LogP contribution in [0, 0.1) is 5.92 Å².